The van der Waals surface area contributed by atoms with Gasteiger partial charge < -0.3 is 5.32 Å². The van der Waals surface area contributed by atoms with Crippen LogP contribution in [-0.4, -0.2) is 15.1 Å². The smallest absolute Gasteiger partial charge is 0.257 e. The van der Waals surface area contributed by atoms with Gasteiger partial charge in [0.2, 0.25) is 0 Å². The molecule has 0 aliphatic heterocycles. The van der Waals surface area contributed by atoms with Gasteiger partial charge in [0.15, 0.2) is 0 Å². The fourth-order valence-corrected chi connectivity index (χ4v) is 4.30. The zero-order valence-corrected chi connectivity index (χ0v) is 16.8. The van der Waals surface area contributed by atoms with Crippen LogP contribution in [0.2, 0.25) is 0 Å². The first-order valence-electron chi connectivity index (χ1n) is 9.30. The zero-order chi connectivity index (χ0) is 20.2. The molecule has 1 heterocycles. The molecule has 0 saturated carbocycles. The Morgan fingerprint density at radius 1 is 0.931 bits per heavy atom. The Labute approximate surface area is 172 Å². The zero-order valence-electron chi connectivity index (χ0n) is 16.0. The molecule has 1 amide bonds. The van der Waals surface area contributed by atoms with Crippen molar-refractivity contribution in [2.24, 2.45) is 0 Å². The van der Waals surface area contributed by atoms with Crippen LogP contribution in [0.3, 0.4) is 0 Å². The Kier molecular flexibility index (Phi) is 5.49. The number of carbonyl (C=O) groups excluding carboxylic acids is 1. The summed E-state index contributed by atoms with van der Waals surface area (Å²) in [6, 6.07) is 26.4. The van der Waals surface area contributed by atoms with E-state index in [2.05, 4.69) is 10.3 Å². The molecule has 0 aliphatic carbocycles. The highest BCUT2D eigenvalue weighted by Gasteiger charge is 2.13. The van der Waals surface area contributed by atoms with Crippen molar-refractivity contribution in [3.63, 3.8) is 0 Å². The van der Waals surface area contributed by atoms with E-state index in [0.717, 1.165) is 21.4 Å². The lowest BCUT2D eigenvalue weighted by Gasteiger charge is -2.10. The molecule has 3 aromatic carbocycles. The summed E-state index contributed by atoms with van der Waals surface area (Å²) < 4.78 is 12.6. The lowest BCUT2D eigenvalue weighted by molar-refractivity contribution is 0.102. The molecule has 4 nitrogen and oxygen atoms in total. The van der Waals surface area contributed by atoms with Crippen molar-refractivity contribution < 1.29 is 9.00 Å². The van der Waals surface area contributed by atoms with E-state index in [4.69, 9.17) is 0 Å². The highest BCUT2D eigenvalue weighted by Crippen LogP contribution is 2.20. The Bertz CT molecular complexity index is 1210. The molecule has 4 rings (SSSR count). The van der Waals surface area contributed by atoms with Gasteiger partial charge in [-0.2, -0.15) is 0 Å². The molecule has 0 aliphatic rings. The second-order valence-corrected chi connectivity index (χ2v) is 8.22. The Morgan fingerprint density at radius 2 is 1.69 bits per heavy atom. The molecule has 1 aromatic heterocycles. The second-order valence-electron chi connectivity index (χ2n) is 6.77. The monoisotopic (exact) mass is 400 g/mol. The van der Waals surface area contributed by atoms with Crippen LogP contribution >= 0.6 is 0 Å². The van der Waals surface area contributed by atoms with Gasteiger partial charge in [-0.25, -0.2) is 0 Å². The molecule has 29 heavy (non-hydrogen) atoms. The molecule has 4 aromatic rings. The van der Waals surface area contributed by atoms with Gasteiger partial charge >= 0.3 is 0 Å². The molecular formula is C24H20N2O2S. The van der Waals surface area contributed by atoms with Crippen LogP contribution in [-0.2, 0) is 16.6 Å². The molecule has 1 atom stereocenters. The summed E-state index contributed by atoms with van der Waals surface area (Å²) in [6.45, 7) is 1.83. The minimum atomic E-state index is -1.13. The molecule has 0 fully saturated rings. The predicted molar refractivity (Wildman–Crippen MR) is 117 cm³/mol. The maximum absolute atomic E-state index is 12.8. The van der Waals surface area contributed by atoms with Crippen molar-refractivity contribution in [1.29, 1.82) is 0 Å². The first kappa shape index (κ1) is 19.0. The number of aromatic nitrogens is 1. The topological polar surface area (TPSA) is 59.1 Å². The minimum Gasteiger partial charge on any atom is -0.322 e. The number of aryl methyl sites for hydroxylation is 1. The minimum absolute atomic E-state index is 0.206. The normalized spacial score (nSPS) is 11.9. The quantitative estimate of drug-likeness (QED) is 0.507. The number of para-hydroxylation sites is 1. The molecule has 0 radical (unpaired) electrons. The maximum atomic E-state index is 12.8. The van der Waals surface area contributed by atoms with E-state index in [1.807, 2.05) is 91.9 Å². The van der Waals surface area contributed by atoms with Gasteiger partial charge in [-0.05, 0) is 48.9 Å². The Morgan fingerprint density at radius 3 is 2.52 bits per heavy atom. The SMILES string of the molecule is Cc1nc2ccccc2cc1C(=O)Nc1cccc(CS(=O)c2ccccc2)c1. The van der Waals surface area contributed by atoms with E-state index in [0.29, 0.717) is 22.7 Å². The third-order valence-electron chi connectivity index (χ3n) is 4.65. The number of hydrogen-bond donors (Lipinski definition) is 1. The molecular weight excluding hydrogens is 380 g/mol. The van der Waals surface area contributed by atoms with Crippen LogP contribution in [0.1, 0.15) is 21.6 Å². The van der Waals surface area contributed by atoms with Crippen LogP contribution in [0, 0.1) is 6.92 Å². The molecule has 1 unspecified atom stereocenters. The number of amides is 1. The van der Waals surface area contributed by atoms with E-state index < -0.39 is 10.8 Å². The number of benzene rings is 3. The number of carbonyl (C=O) groups is 1. The van der Waals surface area contributed by atoms with Crippen molar-refractivity contribution in [2.75, 3.05) is 5.32 Å². The molecule has 144 valence electrons. The van der Waals surface area contributed by atoms with Gasteiger partial charge in [-0.3, -0.25) is 14.0 Å². The number of rotatable bonds is 5. The lowest BCUT2D eigenvalue weighted by Crippen LogP contribution is -2.14. The summed E-state index contributed by atoms with van der Waals surface area (Å²) >= 11 is 0. The molecule has 0 spiro atoms. The van der Waals surface area contributed by atoms with Crippen LogP contribution in [0.4, 0.5) is 5.69 Å². The molecule has 1 N–H and O–H groups in total. The number of anilines is 1. The Hall–Kier alpha value is -3.31. The third kappa shape index (κ3) is 4.41. The first-order chi connectivity index (χ1) is 14.1. The first-order valence-corrected chi connectivity index (χ1v) is 10.6. The lowest BCUT2D eigenvalue weighted by atomic mass is 10.1. The van der Waals surface area contributed by atoms with Crippen LogP contribution < -0.4 is 5.32 Å². The fraction of sp³-hybridized carbons (Fsp3) is 0.0833. The van der Waals surface area contributed by atoms with Gasteiger partial charge in [0.1, 0.15) is 0 Å². The van der Waals surface area contributed by atoms with Crippen LogP contribution in [0.15, 0.2) is 89.8 Å². The number of nitrogens with one attached hydrogen (secondary N) is 1. The van der Waals surface area contributed by atoms with E-state index >= 15 is 0 Å². The fourth-order valence-electron chi connectivity index (χ4n) is 3.19. The van der Waals surface area contributed by atoms with E-state index in [9.17, 15) is 9.00 Å². The number of pyridine rings is 1. The third-order valence-corrected chi connectivity index (χ3v) is 6.04. The van der Waals surface area contributed by atoms with Crippen molar-refractivity contribution in [2.45, 2.75) is 17.6 Å². The summed E-state index contributed by atoms with van der Waals surface area (Å²) in [7, 11) is -1.13. The van der Waals surface area contributed by atoms with Gasteiger partial charge in [0, 0.05) is 16.0 Å². The van der Waals surface area contributed by atoms with Gasteiger partial charge in [0.05, 0.1) is 33.3 Å². The molecule has 5 heteroatoms. The largest absolute Gasteiger partial charge is 0.322 e. The Balaban J connectivity index is 1.53. The van der Waals surface area contributed by atoms with Crippen LogP contribution in [0.25, 0.3) is 10.9 Å². The van der Waals surface area contributed by atoms with Crippen molar-refractivity contribution in [3.05, 3.63) is 102 Å². The van der Waals surface area contributed by atoms with E-state index in [-0.39, 0.29) is 5.91 Å². The highest BCUT2D eigenvalue weighted by atomic mass is 32.2. The highest BCUT2D eigenvalue weighted by molar-refractivity contribution is 7.84. The number of hydrogen-bond acceptors (Lipinski definition) is 3. The number of fused-ring (bicyclic) bond motifs is 1. The van der Waals surface area contributed by atoms with Gasteiger partial charge in [0.25, 0.3) is 5.91 Å². The second kappa shape index (κ2) is 8.37. The average Bonchev–Trinajstić information content (AvgIpc) is 2.74. The summed E-state index contributed by atoms with van der Waals surface area (Å²) in [5.74, 6) is 0.187. The number of nitrogens with zero attached hydrogens (tertiary/aromatic N) is 1. The maximum Gasteiger partial charge on any atom is 0.257 e. The van der Waals surface area contributed by atoms with E-state index in [1.165, 1.54) is 0 Å². The van der Waals surface area contributed by atoms with Crippen LogP contribution in [0.5, 0.6) is 0 Å². The van der Waals surface area contributed by atoms with Crippen molar-refractivity contribution in [1.82, 2.24) is 4.98 Å². The summed E-state index contributed by atoms with van der Waals surface area (Å²) in [5.41, 5.74) is 3.67. The van der Waals surface area contributed by atoms with Gasteiger partial charge in [-0.1, -0.05) is 48.5 Å². The summed E-state index contributed by atoms with van der Waals surface area (Å²) in [6.07, 6.45) is 0. The standard InChI is InChI=1S/C24H20N2O2S/c1-17-22(15-19-9-5-6-13-23(19)25-17)24(27)26-20-10-7-8-18(14-20)16-29(28)21-11-3-2-4-12-21/h2-15H,16H2,1H3,(H,26,27). The van der Waals surface area contributed by atoms with Gasteiger partial charge in [-0.15, -0.1) is 0 Å². The molecule has 0 bridgehead atoms. The van der Waals surface area contributed by atoms with Crippen molar-refractivity contribution >= 4 is 33.3 Å². The average molecular weight is 401 g/mol. The van der Waals surface area contributed by atoms with Crippen molar-refractivity contribution in [3.8, 4) is 0 Å². The predicted octanol–water partition coefficient (Wildman–Crippen LogP) is 5.10. The summed E-state index contributed by atoms with van der Waals surface area (Å²) in [5, 5.41) is 3.87. The summed E-state index contributed by atoms with van der Waals surface area (Å²) in [4.78, 5) is 18.1. The molecule has 0 saturated heterocycles. The van der Waals surface area contributed by atoms with E-state index in [1.54, 1.807) is 0 Å².